The maximum Gasteiger partial charge on any atom is 0.306 e. The minimum Gasteiger partial charge on any atom is -0.459 e. The predicted molar refractivity (Wildman–Crippen MR) is 49.5 cm³/mol. The van der Waals surface area contributed by atoms with Gasteiger partial charge in [-0.15, -0.1) is 0 Å². The van der Waals surface area contributed by atoms with Crippen molar-refractivity contribution in [3.05, 3.63) is 24.0 Å². The molecule has 6 nitrogen and oxygen atoms in total. The Morgan fingerprint density at radius 3 is 1.62 bits per heavy atom. The molecule has 0 N–H and O–H groups in total. The van der Waals surface area contributed by atoms with Gasteiger partial charge in [0, 0.05) is 0 Å². The highest BCUT2D eigenvalue weighted by Crippen LogP contribution is 2.14. The minimum absolute atomic E-state index is 0.00597. The maximum atomic E-state index is 11.1. The Bertz CT molecular complexity index is 332. The molecule has 6 heteroatoms. The van der Waals surface area contributed by atoms with Crippen LogP contribution in [-0.2, 0) is 28.5 Å². The average molecular weight is 226 g/mol. The molecule has 0 saturated carbocycles. The van der Waals surface area contributed by atoms with Gasteiger partial charge in [-0.3, -0.25) is 9.59 Å². The van der Waals surface area contributed by atoms with E-state index < -0.39 is 11.9 Å². The number of carbonyl (C=O) groups is 2. The Morgan fingerprint density at radius 2 is 1.31 bits per heavy atom. The zero-order valence-corrected chi connectivity index (χ0v) is 8.43. The number of ether oxygens (including phenoxy) is 4. The molecule has 2 aliphatic rings. The molecule has 0 aliphatic carbocycles. The van der Waals surface area contributed by atoms with Gasteiger partial charge in [-0.1, -0.05) is 0 Å². The largest absolute Gasteiger partial charge is 0.459 e. The number of hydrogen-bond donors (Lipinski definition) is 0. The summed E-state index contributed by atoms with van der Waals surface area (Å²) in [5, 5.41) is 0. The number of rotatable bonds is 7. The van der Waals surface area contributed by atoms with Crippen LogP contribution < -0.4 is 0 Å². The molecule has 0 fully saturated rings. The lowest BCUT2D eigenvalue weighted by molar-refractivity contribution is -0.149. The van der Waals surface area contributed by atoms with E-state index in [4.69, 9.17) is 9.47 Å². The quantitative estimate of drug-likeness (QED) is 0.591. The van der Waals surface area contributed by atoms with Crippen molar-refractivity contribution in [3.63, 3.8) is 0 Å². The summed E-state index contributed by atoms with van der Waals surface area (Å²) in [6.07, 6.45) is 2.99. The molecule has 0 saturated heterocycles. The van der Waals surface area contributed by atoms with Crippen LogP contribution in [0.4, 0.5) is 0 Å². The van der Waals surface area contributed by atoms with Crippen LogP contribution in [0.5, 0.6) is 0 Å². The second-order valence-electron chi connectivity index (χ2n) is 3.23. The summed E-state index contributed by atoms with van der Waals surface area (Å²) >= 11 is 0. The van der Waals surface area contributed by atoms with Crippen LogP contribution in [0.3, 0.4) is 0 Å². The predicted octanol–water partition coefficient (Wildman–Crippen LogP) is 0.596. The molecule has 0 aromatic carbocycles. The van der Waals surface area contributed by atoms with Crippen molar-refractivity contribution < 1.29 is 28.5 Å². The molecule has 16 heavy (non-hydrogen) atoms. The Morgan fingerprint density at radius 1 is 0.938 bits per heavy atom. The second-order valence-corrected chi connectivity index (χ2v) is 3.23. The summed E-state index contributed by atoms with van der Waals surface area (Å²) in [7, 11) is 0. The topological polar surface area (TPSA) is 77.7 Å². The van der Waals surface area contributed by atoms with E-state index in [9.17, 15) is 9.59 Å². The van der Waals surface area contributed by atoms with Gasteiger partial charge in [0.05, 0.1) is 12.8 Å². The lowest BCUT2D eigenvalue weighted by atomic mass is 10.3. The van der Waals surface area contributed by atoms with E-state index in [0.29, 0.717) is 11.5 Å². The Hall–Kier alpha value is -1.98. The van der Waals surface area contributed by atoms with Crippen LogP contribution in [0.25, 0.3) is 0 Å². The molecular weight excluding hydrogens is 216 g/mol. The van der Waals surface area contributed by atoms with Crippen molar-refractivity contribution in [1.29, 1.82) is 0 Å². The molecule has 0 unspecified atom stereocenters. The van der Waals surface area contributed by atoms with E-state index in [-0.39, 0.29) is 26.1 Å². The lowest BCUT2D eigenvalue weighted by Crippen LogP contribution is -2.11. The zero-order valence-electron chi connectivity index (χ0n) is 8.43. The van der Waals surface area contributed by atoms with Gasteiger partial charge in [0.1, 0.15) is 12.5 Å². The molecule has 0 amide bonds. The third kappa shape index (κ3) is 4.04. The SMILES string of the molecule is O=C(CCC(=O)OCC1=CO1)OCC1=CO1. The van der Waals surface area contributed by atoms with Gasteiger partial charge in [0.25, 0.3) is 0 Å². The van der Waals surface area contributed by atoms with Gasteiger partial charge in [-0.2, -0.15) is 0 Å². The van der Waals surface area contributed by atoms with E-state index >= 15 is 0 Å². The van der Waals surface area contributed by atoms with Gasteiger partial charge >= 0.3 is 11.9 Å². The first-order valence-corrected chi connectivity index (χ1v) is 4.77. The highest BCUT2D eigenvalue weighted by Gasteiger charge is 2.16. The van der Waals surface area contributed by atoms with Crippen LogP contribution in [0, 0.1) is 0 Å². The molecule has 0 aromatic heterocycles. The summed E-state index contributed by atoms with van der Waals surface area (Å²) in [6.45, 7) is 0.267. The fourth-order valence-corrected chi connectivity index (χ4v) is 0.871. The first-order chi connectivity index (χ1) is 7.74. The molecule has 2 rings (SSSR count). The summed E-state index contributed by atoms with van der Waals surface area (Å²) in [5.41, 5.74) is 0. The molecular formula is C10H10O6. The van der Waals surface area contributed by atoms with Crippen LogP contribution >= 0.6 is 0 Å². The standard InChI is InChI=1S/C10H10O6/c11-9(15-5-7-3-13-7)1-2-10(12)16-6-8-4-14-8/h3-4H,1-2,5-6H2. The van der Waals surface area contributed by atoms with Crippen molar-refractivity contribution in [2.75, 3.05) is 13.2 Å². The summed E-state index contributed by atoms with van der Waals surface area (Å²) in [4.78, 5) is 22.2. The van der Waals surface area contributed by atoms with Crippen molar-refractivity contribution >= 4 is 11.9 Å². The Labute approximate surface area is 91.4 Å². The van der Waals surface area contributed by atoms with Gasteiger partial charge in [-0.25, -0.2) is 0 Å². The first kappa shape index (κ1) is 10.5. The van der Waals surface area contributed by atoms with Crippen LogP contribution in [0.15, 0.2) is 24.0 Å². The van der Waals surface area contributed by atoms with Crippen LogP contribution in [0.1, 0.15) is 12.8 Å². The van der Waals surface area contributed by atoms with Gasteiger partial charge in [0.2, 0.25) is 0 Å². The third-order valence-electron chi connectivity index (χ3n) is 1.85. The van der Waals surface area contributed by atoms with E-state index in [2.05, 4.69) is 9.47 Å². The second kappa shape index (κ2) is 4.69. The van der Waals surface area contributed by atoms with Gasteiger partial charge in [0.15, 0.2) is 24.7 Å². The van der Waals surface area contributed by atoms with Crippen molar-refractivity contribution in [1.82, 2.24) is 0 Å². The molecule has 0 radical (unpaired) electrons. The minimum atomic E-state index is -0.449. The van der Waals surface area contributed by atoms with Crippen LogP contribution in [0.2, 0.25) is 0 Å². The average Bonchev–Trinajstić information content (AvgIpc) is 3.15. The van der Waals surface area contributed by atoms with Gasteiger partial charge in [-0.05, 0) is 0 Å². The molecule has 0 bridgehead atoms. The number of hydrogen-bond acceptors (Lipinski definition) is 6. The van der Waals surface area contributed by atoms with E-state index in [0.717, 1.165) is 0 Å². The fraction of sp³-hybridized carbons (Fsp3) is 0.400. The molecule has 0 spiro atoms. The summed E-state index contributed by atoms with van der Waals surface area (Å²) in [6, 6.07) is 0. The summed E-state index contributed by atoms with van der Waals surface area (Å²) < 4.78 is 18.9. The number of carbonyl (C=O) groups excluding carboxylic acids is 2. The highest BCUT2D eigenvalue weighted by atomic mass is 16.6. The molecule has 2 heterocycles. The molecule has 0 atom stereocenters. The molecule has 2 aliphatic heterocycles. The first-order valence-electron chi connectivity index (χ1n) is 4.77. The number of esters is 2. The van der Waals surface area contributed by atoms with Crippen molar-refractivity contribution in [2.45, 2.75) is 12.8 Å². The van der Waals surface area contributed by atoms with Crippen molar-refractivity contribution in [3.8, 4) is 0 Å². The van der Waals surface area contributed by atoms with E-state index in [1.54, 1.807) is 0 Å². The molecule has 0 aromatic rings. The normalized spacial score (nSPS) is 15.0. The fourth-order valence-electron chi connectivity index (χ4n) is 0.871. The van der Waals surface area contributed by atoms with E-state index in [1.165, 1.54) is 12.5 Å². The van der Waals surface area contributed by atoms with Crippen LogP contribution in [-0.4, -0.2) is 25.2 Å². The molecule has 86 valence electrons. The smallest absolute Gasteiger partial charge is 0.306 e. The lowest BCUT2D eigenvalue weighted by Gasteiger charge is -2.02. The highest BCUT2D eigenvalue weighted by molar-refractivity contribution is 5.77. The monoisotopic (exact) mass is 226 g/mol. The zero-order chi connectivity index (χ0) is 11.4. The van der Waals surface area contributed by atoms with E-state index in [1.807, 2.05) is 0 Å². The Balaban J connectivity index is 1.50. The maximum absolute atomic E-state index is 11.1. The van der Waals surface area contributed by atoms with Gasteiger partial charge < -0.3 is 18.9 Å². The Kier molecular flexibility index (Phi) is 3.09. The third-order valence-corrected chi connectivity index (χ3v) is 1.85. The summed E-state index contributed by atoms with van der Waals surface area (Å²) in [5.74, 6) is 0.368. The van der Waals surface area contributed by atoms with Crippen molar-refractivity contribution in [2.24, 2.45) is 0 Å².